The molecule has 2 fully saturated rings. The van der Waals surface area contributed by atoms with Crippen LogP contribution in [0.2, 0.25) is 0 Å². The van der Waals surface area contributed by atoms with Gasteiger partial charge in [-0.2, -0.15) is 0 Å². The molecule has 0 unspecified atom stereocenters. The molecule has 2 aliphatic heterocycles. The number of hydrogen-bond acceptors (Lipinski definition) is 4. The van der Waals surface area contributed by atoms with Gasteiger partial charge in [-0.1, -0.05) is 26.0 Å². The van der Waals surface area contributed by atoms with Crippen molar-refractivity contribution in [3.8, 4) is 0 Å². The van der Waals surface area contributed by atoms with Gasteiger partial charge in [0, 0.05) is 47.2 Å². The van der Waals surface area contributed by atoms with Crippen LogP contribution in [-0.4, -0.2) is 26.4 Å². The van der Waals surface area contributed by atoms with Gasteiger partial charge in [-0.3, -0.25) is 0 Å². The average Bonchev–Trinajstić information content (AvgIpc) is 2.85. The van der Waals surface area contributed by atoms with Gasteiger partial charge in [0.2, 0.25) is 0 Å². The molecule has 0 spiro atoms. The van der Waals surface area contributed by atoms with Gasteiger partial charge in [-0.05, 0) is 18.6 Å². The predicted molar refractivity (Wildman–Crippen MR) is 124 cm³/mol. The number of aromatic nitrogens is 2. The van der Waals surface area contributed by atoms with Crippen LogP contribution in [0.25, 0.3) is 0 Å². The number of allylic oxidation sites excluding steroid dienone is 4. The van der Waals surface area contributed by atoms with E-state index in [4.69, 9.17) is 18.9 Å². The minimum absolute atomic E-state index is 0.233. The summed E-state index contributed by atoms with van der Waals surface area (Å²) < 4.78 is 27.3. The van der Waals surface area contributed by atoms with E-state index in [2.05, 4.69) is 96.3 Å². The average molecular weight is 453 g/mol. The molecule has 6 nitrogen and oxygen atoms in total. The van der Waals surface area contributed by atoms with Crippen molar-refractivity contribution in [2.75, 3.05) is 26.4 Å². The van der Waals surface area contributed by atoms with E-state index in [9.17, 15) is 0 Å². The summed E-state index contributed by atoms with van der Waals surface area (Å²) in [5.41, 5.74) is 2.15. The van der Waals surface area contributed by atoms with E-state index in [0.29, 0.717) is 11.8 Å². The first kappa shape index (κ1) is 23.8. The van der Waals surface area contributed by atoms with Gasteiger partial charge in [0.1, 0.15) is 0 Å². The lowest BCUT2D eigenvalue weighted by Crippen LogP contribution is -2.32. The zero-order chi connectivity index (χ0) is 22.9. The van der Waals surface area contributed by atoms with Gasteiger partial charge >= 0.3 is 0 Å². The quantitative estimate of drug-likeness (QED) is 0.451. The highest BCUT2D eigenvalue weighted by Crippen LogP contribution is 2.24. The molecular formula is C27H36N2O4+2. The molecule has 0 radical (unpaired) electrons. The molecule has 2 aromatic rings. The molecule has 2 saturated heterocycles. The number of rotatable bonds is 8. The lowest BCUT2D eigenvalue weighted by Gasteiger charge is -2.27. The fourth-order valence-electron chi connectivity index (χ4n) is 3.74. The standard InChI is InChI=1S/C27H36N2O4/c1-22-18-30-26(31-19-22)24-8-14-28(15-9-24)12-6-4-3-5-7-13-29-16-10-25(11-17-29)27-32-20-23(2)21-33-27/h4-11,14-17,22-23,26-27H,3,12-13,18-21H2,1-2H3/q+2. The van der Waals surface area contributed by atoms with Crippen LogP contribution in [0.5, 0.6) is 0 Å². The summed E-state index contributed by atoms with van der Waals surface area (Å²) in [6.45, 7) is 8.97. The second-order valence-electron chi connectivity index (χ2n) is 9.04. The van der Waals surface area contributed by atoms with Crippen LogP contribution in [0.3, 0.4) is 0 Å². The molecule has 0 N–H and O–H groups in total. The smallest absolute Gasteiger partial charge is 0.184 e. The number of hydrogen-bond donors (Lipinski definition) is 0. The molecule has 176 valence electrons. The third-order valence-corrected chi connectivity index (χ3v) is 5.74. The summed E-state index contributed by atoms with van der Waals surface area (Å²) >= 11 is 0. The van der Waals surface area contributed by atoms with Gasteiger partial charge in [-0.25, -0.2) is 9.13 Å². The molecule has 4 rings (SSSR count). The Kier molecular flexibility index (Phi) is 8.78. The third-order valence-electron chi connectivity index (χ3n) is 5.74. The fraction of sp³-hybridized carbons (Fsp3) is 0.481. The number of nitrogens with zero attached hydrogens (tertiary/aromatic N) is 2. The van der Waals surface area contributed by atoms with Crippen molar-refractivity contribution in [1.29, 1.82) is 0 Å². The minimum Gasteiger partial charge on any atom is -0.348 e. The summed E-state index contributed by atoms with van der Waals surface area (Å²) in [5, 5.41) is 0. The van der Waals surface area contributed by atoms with Crippen molar-refractivity contribution in [3.05, 3.63) is 84.5 Å². The molecule has 2 aliphatic rings. The Balaban J connectivity index is 1.14. The molecule has 33 heavy (non-hydrogen) atoms. The molecule has 2 aromatic heterocycles. The summed E-state index contributed by atoms with van der Waals surface area (Å²) in [4.78, 5) is 0. The second-order valence-corrected chi connectivity index (χ2v) is 9.04. The van der Waals surface area contributed by atoms with E-state index < -0.39 is 0 Å². The first-order valence-corrected chi connectivity index (χ1v) is 11.9. The maximum Gasteiger partial charge on any atom is 0.184 e. The van der Waals surface area contributed by atoms with Crippen molar-refractivity contribution >= 4 is 0 Å². The Morgan fingerprint density at radius 3 is 1.36 bits per heavy atom. The largest absolute Gasteiger partial charge is 0.348 e. The van der Waals surface area contributed by atoms with Crippen LogP contribution < -0.4 is 9.13 Å². The van der Waals surface area contributed by atoms with Crippen molar-refractivity contribution in [2.24, 2.45) is 11.8 Å². The van der Waals surface area contributed by atoms with E-state index in [0.717, 1.165) is 57.1 Å². The summed E-state index contributed by atoms with van der Waals surface area (Å²) in [6, 6.07) is 8.29. The van der Waals surface area contributed by atoms with E-state index in [1.165, 1.54) is 0 Å². The Morgan fingerprint density at radius 2 is 1.00 bits per heavy atom. The Bertz CT molecular complexity index is 819. The van der Waals surface area contributed by atoms with Gasteiger partial charge in [-0.15, -0.1) is 0 Å². The molecule has 0 saturated carbocycles. The first-order chi connectivity index (χ1) is 16.2. The van der Waals surface area contributed by atoms with Gasteiger partial charge in [0.15, 0.2) is 50.5 Å². The van der Waals surface area contributed by atoms with Crippen molar-refractivity contribution in [2.45, 2.75) is 45.9 Å². The highest BCUT2D eigenvalue weighted by molar-refractivity contribution is 5.10. The number of pyridine rings is 2. The van der Waals surface area contributed by atoms with Crippen molar-refractivity contribution < 1.29 is 28.1 Å². The molecule has 0 amide bonds. The molecule has 4 heterocycles. The van der Waals surface area contributed by atoms with Crippen LogP contribution in [-0.2, 0) is 32.0 Å². The van der Waals surface area contributed by atoms with E-state index in [-0.39, 0.29) is 12.6 Å². The lowest BCUT2D eigenvalue weighted by atomic mass is 10.2. The van der Waals surface area contributed by atoms with Gasteiger partial charge in [0.25, 0.3) is 0 Å². The molecular weight excluding hydrogens is 416 g/mol. The molecule has 0 bridgehead atoms. The van der Waals surface area contributed by atoms with Crippen molar-refractivity contribution in [1.82, 2.24) is 0 Å². The van der Waals surface area contributed by atoms with Crippen LogP contribution in [0, 0.1) is 11.8 Å². The van der Waals surface area contributed by atoms with Gasteiger partial charge < -0.3 is 18.9 Å². The van der Waals surface area contributed by atoms with E-state index in [1.54, 1.807) is 0 Å². The van der Waals surface area contributed by atoms with E-state index >= 15 is 0 Å². The van der Waals surface area contributed by atoms with Crippen LogP contribution in [0.15, 0.2) is 73.4 Å². The van der Waals surface area contributed by atoms with E-state index in [1.807, 2.05) is 0 Å². The summed E-state index contributed by atoms with van der Waals surface area (Å²) in [7, 11) is 0. The minimum atomic E-state index is -0.233. The zero-order valence-electron chi connectivity index (χ0n) is 19.7. The first-order valence-electron chi connectivity index (χ1n) is 11.9. The molecule has 0 aliphatic carbocycles. The fourth-order valence-corrected chi connectivity index (χ4v) is 3.74. The third kappa shape index (κ3) is 7.30. The normalized spacial score (nSPS) is 26.2. The highest BCUT2D eigenvalue weighted by atomic mass is 16.7. The lowest BCUT2D eigenvalue weighted by molar-refractivity contribution is -0.687. The Morgan fingerprint density at radius 1 is 0.636 bits per heavy atom. The topological polar surface area (TPSA) is 44.7 Å². The van der Waals surface area contributed by atoms with Crippen LogP contribution in [0.1, 0.15) is 44.0 Å². The van der Waals surface area contributed by atoms with Crippen LogP contribution >= 0.6 is 0 Å². The monoisotopic (exact) mass is 452 g/mol. The maximum atomic E-state index is 5.76. The maximum absolute atomic E-state index is 5.76. The Labute approximate surface area is 197 Å². The second kappa shape index (κ2) is 12.2. The SMILES string of the molecule is CC1COC(c2cc[n+](CC=CCC=CC[n+]3ccc(C4OCC(C)CO4)cc3)cc2)OC1. The molecule has 0 aromatic carbocycles. The number of ether oxygens (including phenoxy) is 4. The highest BCUT2D eigenvalue weighted by Gasteiger charge is 2.22. The summed E-state index contributed by atoms with van der Waals surface area (Å²) in [6.07, 6.45) is 17.5. The van der Waals surface area contributed by atoms with Crippen molar-refractivity contribution in [3.63, 3.8) is 0 Å². The molecule has 6 heteroatoms. The zero-order valence-corrected chi connectivity index (χ0v) is 19.7. The Hall–Kier alpha value is -2.38. The predicted octanol–water partition coefficient (Wildman–Crippen LogP) is 3.83. The molecule has 0 atom stereocenters. The van der Waals surface area contributed by atoms with Crippen LogP contribution in [0.4, 0.5) is 0 Å². The van der Waals surface area contributed by atoms with Gasteiger partial charge in [0.05, 0.1) is 26.4 Å². The summed E-state index contributed by atoms with van der Waals surface area (Å²) in [5.74, 6) is 0.933.